The maximum atomic E-state index is 9.13. The fourth-order valence-corrected chi connectivity index (χ4v) is 1.17. The van der Waals surface area contributed by atoms with Crippen molar-refractivity contribution in [2.75, 3.05) is 0 Å². The molecule has 0 aromatic heterocycles. The third-order valence-corrected chi connectivity index (χ3v) is 1.85. The number of hydrogen-bond donors (Lipinski definition) is 2. The van der Waals surface area contributed by atoms with E-state index in [0.717, 1.165) is 5.57 Å². The molecule has 52 valence electrons. The predicted molar refractivity (Wildman–Crippen MR) is 34.9 cm³/mol. The van der Waals surface area contributed by atoms with E-state index < -0.39 is 12.2 Å². The minimum Gasteiger partial charge on any atom is -0.389 e. The van der Waals surface area contributed by atoms with Crippen LogP contribution in [0.15, 0.2) is 11.6 Å². The van der Waals surface area contributed by atoms with Gasteiger partial charge in [0.1, 0.15) is 6.10 Å². The van der Waals surface area contributed by atoms with E-state index in [0.29, 0.717) is 0 Å². The summed E-state index contributed by atoms with van der Waals surface area (Å²) < 4.78 is 0. The SMILES string of the molecule is CC1=CC(C)[C@H](O)[C@@H]1O. The third-order valence-electron chi connectivity index (χ3n) is 1.85. The maximum Gasteiger partial charge on any atom is 0.101 e. The van der Waals surface area contributed by atoms with Crippen molar-refractivity contribution in [3.05, 3.63) is 11.6 Å². The Hall–Kier alpha value is -0.340. The number of aliphatic hydroxyl groups excluding tert-OH is 2. The summed E-state index contributed by atoms with van der Waals surface area (Å²) in [4.78, 5) is 0. The quantitative estimate of drug-likeness (QED) is 0.461. The highest BCUT2D eigenvalue weighted by molar-refractivity contribution is 5.17. The zero-order valence-corrected chi connectivity index (χ0v) is 5.70. The van der Waals surface area contributed by atoms with Gasteiger partial charge in [-0.1, -0.05) is 13.0 Å². The van der Waals surface area contributed by atoms with Gasteiger partial charge < -0.3 is 10.2 Å². The molecule has 0 amide bonds. The molecule has 2 nitrogen and oxygen atoms in total. The summed E-state index contributed by atoms with van der Waals surface area (Å²) in [5, 5.41) is 18.3. The Labute approximate surface area is 54.8 Å². The first-order valence-electron chi connectivity index (χ1n) is 3.17. The molecular formula is C7H12O2. The minimum absolute atomic E-state index is 0.111. The molecule has 0 radical (unpaired) electrons. The molecule has 3 atom stereocenters. The summed E-state index contributed by atoms with van der Waals surface area (Å²) in [6, 6.07) is 0. The second-order valence-corrected chi connectivity index (χ2v) is 2.71. The van der Waals surface area contributed by atoms with Crippen LogP contribution in [-0.4, -0.2) is 22.4 Å². The Kier molecular flexibility index (Phi) is 1.60. The third kappa shape index (κ3) is 1.00. The van der Waals surface area contributed by atoms with Gasteiger partial charge in [0.15, 0.2) is 0 Å². The van der Waals surface area contributed by atoms with Crippen LogP contribution in [0.4, 0.5) is 0 Å². The molecule has 1 aliphatic rings. The van der Waals surface area contributed by atoms with Crippen molar-refractivity contribution in [2.24, 2.45) is 5.92 Å². The van der Waals surface area contributed by atoms with E-state index in [1.165, 1.54) is 0 Å². The zero-order valence-electron chi connectivity index (χ0n) is 5.70. The molecule has 1 rings (SSSR count). The first-order valence-corrected chi connectivity index (χ1v) is 3.17. The van der Waals surface area contributed by atoms with Crippen LogP contribution in [0.5, 0.6) is 0 Å². The first-order chi connectivity index (χ1) is 4.13. The van der Waals surface area contributed by atoms with Crippen LogP contribution in [0.1, 0.15) is 13.8 Å². The maximum absolute atomic E-state index is 9.13. The number of aliphatic hydroxyl groups is 2. The molecule has 9 heavy (non-hydrogen) atoms. The van der Waals surface area contributed by atoms with E-state index in [1.54, 1.807) is 0 Å². The Bertz CT molecular complexity index is 140. The van der Waals surface area contributed by atoms with Gasteiger partial charge in [0.05, 0.1) is 6.10 Å². The first kappa shape index (κ1) is 6.78. The standard InChI is InChI=1S/C7H12O2/c1-4-3-5(2)7(9)6(4)8/h3-4,6-9H,1-2H3/t4?,6-,7+/m0/s1. The average Bonchev–Trinajstić information content (AvgIpc) is 1.98. The lowest BCUT2D eigenvalue weighted by atomic mass is 10.1. The number of hydrogen-bond acceptors (Lipinski definition) is 2. The largest absolute Gasteiger partial charge is 0.389 e. The summed E-state index contributed by atoms with van der Waals surface area (Å²) >= 11 is 0. The van der Waals surface area contributed by atoms with Crippen molar-refractivity contribution < 1.29 is 10.2 Å². The monoisotopic (exact) mass is 128 g/mol. The van der Waals surface area contributed by atoms with Gasteiger partial charge >= 0.3 is 0 Å². The molecule has 1 unspecified atom stereocenters. The summed E-state index contributed by atoms with van der Waals surface area (Å²) in [5.74, 6) is 0.111. The summed E-state index contributed by atoms with van der Waals surface area (Å²) in [5.41, 5.74) is 0.884. The normalized spacial score (nSPS) is 43.1. The van der Waals surface area contributed by atoms with Crippen LogP contribution >= 0.6 is 0 Å². The topological polar surface area (TPSA) is 40.5 Å². The van der Waals surface area contributed by atoms with Crippen LogP contribution < -0.4 is 0 Å². The zero-order chi connectivity index (χ0) is 7.02. The van der Waals surface area contributed by atoms with Crippen molar-refractivity contribution in [2.45, 2.75) is 26.1 Å². The van der Waals surface area contributed by atoms with Gasteiger partial charge in [0, 0.05) is 5.92 Å². The van der Waals surface area contributed by atoms with E-state index in [9.17, 15) is 0 Å². The van der Waals surface area contributed by atoms with Crippen LogP contribution in [0.25, 0.3) is 0 Å². The van der Waals surface area contributed by atoms with Crippen LogP contribution in [-0.2, 0) is 0 Å². The van der Waals surface area contributed by atoms with Gasteiger partial charge in [0.2, 0.25) is 0 Å². The van der Waals surface area contributed by atoms with E-state index in [2.05, 4.69) is 0 Å². The van der Waals surface area contributed by atoms with E-state index >= 15 is 0 Å². The molecule has 2 N–H and O–H groups in total. The second kappa shape index (κ2) is 2.12. The average molecular weight is 128 g/mol. The van der Waals surface area contributed by atoms with E-state index in [4.69, 9.17) is 10.2 Å². The molecular weight excluding hydrogens is 116 g/mol. The predicted octanol–water partition coefficient (Wildman–Crippen LogP) is 0.304. The van der Waals surface area contributed by atoms with Crippen molar-refractivity contribution in [1.82, 2.24) is 0 Å². The molecule has 0 bridgehead atoms. The fourth-order valence-electron chi connectivity index (χ4n) is 1.17. The van der Waals surface area contributed by atoms with Gasteiger partial charge in [-0.15, -0.1) is 0 Å². The molecule has 0 aromatic rings. The molecule has 1 aliphatic carbocycles. The van der Waals surface area contributed by atoms with E-state index in [-0.39, 0.29) is 5.92 Å². The van der Waals surface area contributed by atoms with Gasteiger partial charge in [0.25, 0.3) is 0 Å². The smallest absolute Gasteiger partial charge is 0.101 e. The second-order valence-electron chi connectivity index (χ2n) is 2.71. The fraction of sp³-hybridized carbons (Fsp3) is 0.714. The summed E-state index contributed by atoms with van der Waals surface area (Å²) in [6.45, 7) is 3.72. The van der Waals surface area contributed by atoms with Crippen molar-refractivity contribution in [3.63, 3.8) is 0 Å². The van der Waals surface area contributed by atoms with Crippen molar-refractivity contribution in [3.8, 4) is 0 Å². The minimum atomic E-state index is -0.625. The molecule has 0 saturated heterocycles. The van der Waals surface area contributed by atoms with Gasteiger partial charge in [-0.05, 0) is 12.5 Å². The van der Waals surface area contributed by atoms with E-state index in [1.807, 2.05) is 19.9 Å². The molecule has 0 aliphatic heterocycles. The number of rotatable bonds is 0. The van der Waals surface area contributed by atoms with Crippen molar-refractivity contribution >= 4 is 0 Å². The molecule has 0 saturated carbocycles. The summed E-state index contributed by atoms with van der Waals surface area (Å²) in [6.07, 6.45) is 0.694. The lowest BCUT2D eigenvalue weighted by molar-refractivity contribution is 0.0334. The Morgan fingerprint density at radius 2 is 2.00 bits per heavy atom. The summed E-state index contributed by atoms with van der Waals surface area (Å²) in [7, 11) is 0. The highest BCUT2D eigenvalue weighted by Crippen LogP contribution is 2.23. The molecule has 0 aromatic carbocycles. The van der Waals surface area contributed by atoms with Crippen LogP contribution in [0.2, 0.25) is 0 Å². The van der Waals surface area contributed by atoms with Crippen molar-refractivity contribution in [1.29, 1.82) is 0 Å². The Morgan fingerprint density at radius 1 is 1.44 bits per heavy atom. The van der Waals surface area contributed by atoms with Gasteiger partial charge in [-0.2, -0.15) is 0 Å². The van der Waals surface area contributed by atoms with Crippen LogP contribution in [0.3, 0.4) is 0 Å². The molecule has 0 fully saturated rings. The molecule has 2 heteroatoms. The lowest BCUT2D eigenvalue weighted by Crippen LogP contribution is -2.25. The lowest BCUT2D eigenvalue weighted by Gasteiger charge is -2.12. The highest BCUT2D eigenvalue weighted by atomic mass is 16.3. The molecule has 0 heterocycles. The highest BCUT2D eigenvalue weighted by Gasteiger charge is 2.28. The van der Waals surface area contributed by atoms with Gasteiger partial charge in [-0.3, -0.25) is 0 Å². The Balaban J connectivity index is 2.70. The van der Waals surface area contributed by atoms with Crippen LogP contribution in [0, 0.1) is 5.92 Å². The molecule has 0 spiro atoms. The van der Waals surface area contributed by atoms with Gasteiger partial charge in [-0.25, -0.2) is 0 Å². The Morgan fingerprint density at radius 3 is 2.11 bits per heavy atom.